The van der Waals surface area contributed by atoms with Crippen molar-refractivity contribution in [3.63, 3.8) is 0 Å². The van der Waals surface area contributed by atoms with E-state index in [1.807, 2.05) is 50.5 Å². The largest absolute Gasteiger partial charge is 0.339 e. The van der Waals surface area contributed by atoms with Gasteiger partial charge in [-0.1, -0.05) is 18.2 Å². The molecular formula is C17H22N4O. The van der Waals surface area contributed by atoms with Gasteiger partial charge in [-0.15, -0.1) is 0 Å². The monoisotopic (exact) mass is 298 g/mol. The lowest BCUT2D eigenvalue weighted by atomic mass is 10.2. The molecule has 1 aromatic carbocycles. The van der Waals surface area contributed by atoms with Crippen molar-refractivity contribution in [1.82, 2.24) is 20.0 Å². The first-order valence-electron chi connectivity index (χ1n) is 7.76. The summed E-state index contributed by atoms with van der Waals surface area (Å²) >= 11 is 0. The van der Waals surface area contributed by atoms with Crippen LogP contribution in [-0.2, 0) is 0 Å². The molecule has 22 heavy (non-hydrogen) atoms. The Morgan fingerprint density at radius 1 is 1.36 bits per heavy atom. The maximum Gasteiger partial charge on any atom is 0.272 e. The number of rotatable bonds is 6. The topological polar surface area (TPSA) is 50.2 Å². The van der Waals surface area contributed by atoms with Gasteiger partial charge in [0.15, 0.2) is 0 Å². The Hall–Kier alpha value is -2.14. The number of amides is 1. The Labute approximate surface area is 130 Å². The van der Waals surface area contributed by atoms with Crippen LogP contribution in [-0.4, -0.2) is 47.8 Å². The summed E-state index contributed by atoms with van der Waals surface area (Å²) in [5.41, 5.74) is 2.61. The lowest BCUT2D eigenvalue weighted by Gasteiger charge is -2.17. The zero-order valence-corrected chi connectivity index (χ0v) is 13.1. The van der Waals surface area contributed by atoms with Gasteiger partial charge in [-0.2, -0.15) is 5.10 Å². The molecule has 1 heterocycles. The third kappa shape index (κ3) is 3.04. The lowest BCUT2D eigenvalue weighted by molar-refractivity contribution is 0.0788. The molecule has 1 fully saturated rings. The highest BCUT2D eigenvalue weighted by atomic mass is 16.2. The number of carbonyl (C=O) groups is 1. The fourth-order valence-electron chi connectivity index (χ4n) is 2.47. The maximum absolute atomic E-state index is 12.7. The number of hydrogen-bond donors (Lipinski definition) is 1. The van der Waals surface area contributed by atoms with E-state index in [-0.39, 0.29) is 5.91 Å². The molecule has 1 aromatic heterocycles. The Morgan fingerprint density at radius 2 is 2.09 bits per heavy atom. The normalized spacial score (nSPS) is 14.1. The molecular weight excluding hydrogens is 276 g/mol. The van der Waals surface area contributed by atoms with Crippen molar-refractivity contribution in [2.45, 2.75) is 18.8 Å². The van der Waals surface area contributed by atoms with Crippen molar-refractivity contribution >= 4 is 5.91 Å². The third-order valence-corrected chi connectivity index (χ3v) is 3.99. The van der Waals surface area contributed by atoms with Gasteiger partial charge >= 0.3 is 0 Å². The van der Waals surface area contributed by atoms with Gasteiger partial charge < -0.3 is 10.2 Å². The zero-order chi connectivity index (χ0) is 15.5. The van der Waals surface area contributed by atoms with Crippen LogP contribution in [0.2, 0.25) is 0 Å². The van der Waals surface area contributed by atoms with Gasteiger partial charge in [0.1, 0.15) is 5.69 Å². The number of carbonyl (C=O) groups excluding carboxylic acids is 1. The molecule has 0 aliphatic heterocycles. The molecule has 1 amide bonds. The van der Waals surface area contributed by atoms with Crippen LogP contribution in [0.3, 0.4) is 0 Å². The minimum absolute atomic E-state index is 0.0125. The molecule has 0 saturated heterocycles. The van der Waals surface area contributed by atoms with E-state index in [0.717, 1.165) is 17.9 Å². The van der Waals surface area contributed by atoms with Gasteiger partial charge in [-0.25, -0.2) is 4.68 Å². The van der Waals surface area contributed by atoms with E-state index in [0.29, 0.717) is 18.2 Å². The van der Waals surface area contributed by atoms with Crippen molar-refractivity contribution in [3.05, 3.63) is 47.8 Å². The molecule has 2 aromatic rings. The van der Waals surface area contributed by atoms with Crippen molar-refractivity contribution in [2.75, 3.05) is 27.2 Å². The predicted octanol–water partition coefficient (Wildman–Crippen LogP) is 2.04. The Morgan fingerprint density at radius 3 is 2.73 bits per heavy atom. The van der Waals surface area contributed by atoms with Gasteiger partial charge in [-0.3, -0.25) is 4.79 Å². The van der Waals surface area contributed by atoms with Gasteiger partial charge in [-0.05, 0) is 38.1 Å². The van der Waals surface area contributed by atoms with Crippen LogP contribution in [0.4, 0.5) is 0 Å². The number of benzene rings is 1. The third-order valence-electron chi connectivity index (χ3n) is 3.99. The number of nitrogens with zero attached hydrogens (tertiary/aromatic N) is 3. The Bertz CT molecular complexity index is 646. The fraction of sp³-hybridized carbons (Fsp3) is 0.412. The number of likely N-dealkylation sites (N-methyl/N-ethyl adjacent to an activating group) is 2. The average molecular weight is 298 g/mol. The molecule has 5 heteroatoms. The molecule has 1 N–H and O–H groups in total. The fourth-order valence-corrected chi connectivity index (χ4v) is 2.47. The zero-order valence-electron chi connectivity index (χ0n) is 13.1. The van der Waals surface area contributed by atoms with E-state index in [4.69, 9.17) is 0 Å². The molecule has 3 rings (SSSR count). The van der Waals surface area contributed by atoms with Crippen molar-refractivity contribution in [1.29, 1.82) is 0 Å². The standard InChI is InChI=1S/C17H22N4O/c1-18-10-11-20(2)17(22)16-12-15(13-8-9-13)19-21(16)14-6-4-3-5-7-14/h3-7,12-13,18H,8-11H2,1-2H3. The Kier molecular flexibility index (Phi) is 4.24. The van der Waals surface area contributed by atoms with Gasteiger partial charge in [0.25, 0.3) is 5.91 Å². The van der Waals surface area contributed by atoms with Gasteiger partial charge in [0, 0.05) is 26.1 Å². The summed E-state index contributed by atoms with van der Waals surface area (Å²) in [6.07, 6.45) is 2.35. The number of nitrogens with one attached hydrogen (secondary N) is 1. The average Bonchev–Trinajstić information content (AvgIpc) is 3.31. The van der Waals surface area contributed by atoms with Crippen LogP contribution in [0.5, 0.6) is 0 Å². The van der Waals surface area contributed by atoms with Crippen molar-refractivity contribution in [2.24, 2.45) is 0 Å². The minimum atomic E-state index is 0.0125. The van der Waals surface area contributed by atoms with Gasteiger partial charge in [0.2, 0.25) is 0 Å². The molecule has 116 valence electrons. The second-order valence-electron chi connectivity index (χ2n) is 5.81. The van der Waals surface area contributed by atoms with Gasteiger partial charge in [0.05, 0.1) is 11.4 Å². The van der Waals surface area contributed by atoms with Crippen LogP contribution < -0.4 is 5.32 Å². The highest BCUT2D eigenvalue weighted by molar-refractivity contribution is 5.93. The first kappa shape index (κ1) is 14.8. The molecule has 1 aliphatic carbocycles. The molecule has 1 saturated carbocycles. The maximum atomic E-state index is 12.7. The molecule has 0 atom stereocenters. The van der Waals surface area contributed by atoms with E-state index in [1.54, 1.807) is 9.58 Å². The molecule has 0 spiro atoms. The van der Waals surface area contributed by atoms with E-state index >= 15 is 0 Å². The van der Waals surface area contributed by atoms with Crippen LogP contribution in [0.1, 0.15) is 34.9 Å². The molecule has 0 radical (unpaired) electrons. The first-order chi connectivity index (χ1) is 10.7. The van der Waals surface area contributed by atoms with Crippen LogP contribution in [0.25, 0.3) is 5.69 Å². The van der Waals surface area contributed by atoms with Crippen molar-refractivity contribution in [3.8, 4) is 5.69 Å². The van der Waals surface area contributed by atoms with E-state index in [2.05, 4.69) is 10.4 Å². The summed E-state index contributed by atoms with van der Waals surface area (Å²) in [7, 11) is 3.72. The predicted molar refractivity (Wildman–Crippen MR) is 86.4 cm³/mol. The number of para-hydroxylation sites is 1. The second kappa shape index (κ2) is 6.32. The van der Waals surface area contributed by atoms with Crippen molar-refractivity contribution < 1.29 is 4.79 Å². The molecule has 0 unspecified atom stereocenters. The highest BCUT2D eigenvalue weighted by Crippen LogP contribution is 2.39. The number of hydrogen-bond acceptors (Lipinski definition) is 3. The molecule has 1 aliphatic rings. The molecule has 0 bridgehead atoms. The van der Waals surface area contributed by atoms with E-state index < -0.39 is 0 Å². The van der Waals surface area contributed by atoms with Crippen LogP contribution >= 0.6 is 0 Å². The second-order valence-corrected chi connectivity index (χ2v) is 5.81. The highest BCUT2D eigenvalue weighted by Gasteiger charge is 2.29. The minimum Gasteiger partial charge on any atom is -0.339 e. The summed E-state index contributed by atoms with van der Waals surface area (Å²) in [4.78, 5) is 14.5. The first-order valence-corrected chi connectivity index (χ1v) is 7.76. The van der Waals surface area contributed by atoms with Crippen LogP contribution in [0.15, 0.2) is 36.4 Å². The molecule has 5 nitrogen and oxygen atoms in total. The summed E-state index contributed by atoms with van der Waals surface area (Å²) in [5, 5.41) is 7.75. The Balaban J connectivity index is 1.93. The van der Waals surface area contributed by atoms with Crippen LogP contribution in [0, 0.1) is 0 Å². The number of aromatic nitrogens is 2. The van der Waals surface area contributed by atoms with E-state index in [1.165, 1.54) is 12.8 Å². The van der Waals surface area contributed by atoms with E-state index in [9.17, 15) is 4.79 Å². The quantitative estimate of drug-likeness (QED) is 0.888. The summed E-state index contributed by atoms with van der Waals surface area (Å²) in [6.45, 7) is 1.45. The lowest BCUT2D eigenvalue weighted by Crippen LogP contribution is -2.33. The summed E-state index contributed by atoms with van der Waals surface area (Å²) < 4.78 is 1.78. The summed E-state index contributed by atoms with van der Waals surface area (Å²) in [6, 6.07) is 11.8. The SMILES string of the molecule is CNCCN(C)C(=O)c1cc(C2CC2)nn1-c1ccccc1. The smallest absolute Gasteiger partial charge is 0.272 e. The summed E-state index contributed by atoms with van der Waals surface area (Å²) in [5.74, 6) is 0.539.